The number of rotatable bonds is 8. The number of carboxylic acids is 1. The summed E-state index contributed by atoms with van der Waals surface area (Å²) in [6, 6.07) is 0. The van der Waals surface area contributed by atoms with E-state index in [1.807, 2.05) is 0 Å². The average molecular weight is 725 g/mol. The number of hydrogen-bond donors (Lipinski definition) is 3. The Morgan fingerprint density at radius 1 is 0.922 bits per heavy atom. The number of aliphatic carboxylic acids is 1. The van der Waals surface area contributed by atoms with Gasteiger partial charge in [-0.1, -0.05) is 58.9 Å². The van der Waals surface area contributed by atoms with Gasteiger partial charge in [0.1, 0.15) is 0 Å². The fourth-order valence-corrected chi connectivity index (χ4v) is 15.9. The summed E-state index contributed by atoms with van der Waals surface area (Å²) in [6.45, 7) is 22.7. The standard InChI is InChI=1S/C43H68N2O5S/c1-29(2)31-12-19-43(44-22-23-45-24-26-51(49,50)27-25-45)21-20-40(6)33(36(31)43)8-9-35-39(5)15-13-32(38(3,4)34(39)14-16-41(35,40)7)30-10-17-42(28-46,18-11-30)37(47)48/h10,13,31,33-36,44,46H,1,8-9,11-12,14-28H2,2-7H3,(H,47,48)/t31-,33+,34-,35+,36+,39-,40+,41+,42?,43-/m0/s1. The molecule has 0 aromatic rings. The molecular formula is C43H68N2O5S. The van der Waals surface area contributed by atoms with Crippen LogP contribution in [0.15, 0.2) is 35.5 Å². The highest BCUT2D eigenvalue weighted by Gasteiger charge is 2.70. The summed E-state index contributed by atoms with van der Waals surface area (Å²) in [5, 5.41) is 24.1. The fourth-order valence-electron chi connectivity index (χ4n) is 14.6. The highest BCUT2D eigenvalue weighted by atomic mass is 32.2. The van der Waals surface area contributed by atoms with Gasteiger partial charge in [0, 0.05) is 31.7 Å². The Balaban J connectivity index is 1.13. The predicted octanol–water partition coefficient (Wildman–Crippen LogP) is 7.43. The zero-order chi connectivity index (χ0) is 36.8. The van der Waals surface area contributed by atoms with Crippen molar-refractivity contribution < 1.29 is 23.4 Å². The molecule has 5 fully saturated rings. The molecule has 7 rings (SSSR count). The average Bonchev–Trinajstić information content (AvgIpc) is 3.46. The first kappa shape index (κ1) is 37.8. The molecule has 3 N–H and O–H groups in total. The second-order valence-corrected chi connectivity index (χ2v) is 22.3. The number of carboxylic acid groups (broad SMARTS) is 1. The second-order valence-electron chi connectivity index (χ2n) is 20.0. The van der Waals surface area contributed by atoms with Gasteiger partial charge in [0.15, 0.2) is 9.84 Å². The van der Waals surface area contributed by atoms with Crippen molar-refractivity contribution >= 4 is 15.8 Å². The van der Waals surface area contributed by atoms with Crippen molar-refractivity contribution in [3.05, 3.63) is 35.5 Å². The van der Waals surface area contributed by atoms with Crippen molar-refractivity contribution in [2.75, 3.05) is 44.3 Å². The van der Waals surface area contributed by atoms with Crippen LogP contribution >= 0.6 is 0 Å². The topological polar surface area (TPSA) is 107 Å². The van der Waals surface area contributed by atoms with Gasteiger partial charge in [-0.25, -0.2) is 8.42 Å². The van der Waals surface area contributed by atoms with E-state index in [1.165, 1.54) is 68.1 Å². The third-order valence-corrected chi connectivity index (χ3v) is 19.3. The second kappa shape index (κ2) is 12.8. The minimum Gasteiger partial charge on any atom is -0.481 e. The van der Waals surface area contributed by atoms with Gasteiger partial charge < -0.3 is 20.4 Å². The Morgan fingerprint density at radius 3 is 2.27 bits per heavy atom. The highest BCUT2D eigenvalue weighted by Crippen LogP contribution is 2.76. The molecule has 0 bridgehead atoms. The van der Waals surface area contributed by atoms with E-state index in [2.05, 4.69) is 70.5 Å². The summed E-state index contributed by atoms with van der Waals surface area (Å²) in [4.78, 5) is 14.4. The number of hydrogen-bond acceptors (Lipinski definition) is 6. The van der Waals surface area contributed by atoms with Gasteiger partial charge in [0.05, 0.1) is 23.5 Å². The number of nitrogens with one attached hydrogen (secondary N) is 1. The number of allylic oxidation sites excluding steroid dienone is 5. The first-order valence-corrected chi connectivity index (χ1v) is 22.3. The first-order valence-electron chi connectivity index (χ1n) is 20.5. The maximum absolute atomic E-state index is 12.1. The number of carbonyl (C=O) groups is 1. The van der Waals surface area contributed by atoms with E-state index in [0.29, 0.717) is 67.0 Å². The predicted molar refractivity (Wildman–Crippen MR) is 205 cm³/mol. The van der Waals surface area contributed by atoms with E-state index >= 15 is 0 Å². The molecule has 4 saturated carbocycles. The molecule has 1 unspecified atom stereocenters. The van der Waals surface area contributed by atoms with Gasteiger partial charge in [0.25, 0.3) is 0 Å². The van der Waals surface area contributed by atoms with E-state index in [1.54, 1.807) is 0 Å². The summed E-state index contributed by atoms with van der Waals surface area (Å²) in [5.41, 5.74) is 4.01. The molecule has 1 saturated heterocycles. The van der Waals surface area contributed by atoms with Crippen LogP contribution in [0.1, 0.15) is 119 Å². The van der Waals surface area contributed by atoms with E-state index in [4.69, 9.17) is 0 Å². The van der Waals surface area contributed by atoms with Gasteiger partial charge in [0.2, 0.25) is 0 Å². The summed E-state index contributed by atoms with van der Waals surface area (Å²) in [6.07, 6.45) is 17.5. The van der Waals surface area contributed by atoms with E-state index in [9.17, 15) is 23.4 Å². The van der Waals surface area contributed by atoms with E-state index < -0.39 is 21.2 Å². The van der Waals surface area contributed by atoms with Gasteiger partial charge in [-0.05, 0) is 146 Å². The number of aliphatic hydroxyl groups is 1. The minimum absolute atomic E-state index is 0.0149. The first-order chi connectivity index (χ1) is 23.9. The maximum atomic E-state index is 12.1. The molecular weight excluding hydrogens is 657 g/mol. The van der Waals surface area contributed by atoms with Crippen molar-refractivity contribution in [2.24, 2.45) is 56.7 Å². The SMILES string of the molecule is C=C(C)[C@@H]1CC[C@]2(NCCN3CCS(=O)(=O)CC3)CC[C@]3(C)[C@H](CC[C@@H]4[C@@]5(C)CC=C(C6=CCC(CO)(C(=O)O)CC6)C(C)(C)[C@@H]5CC[C@]43C)[C@@H]12. The fraction of sp³-hybridized carbons (Fsp3) is 0.837. The van der Waals surface area contributed by atoms with Gasteiger partial charge >= 0.3 is 5.97 Å². The largest absolute Gasteiger partial charge is 0.481 e. The van der Waals surface area contributed by atoms with Crippen molar-refractivity contribution in [3.8, 4) is 0 Å². The molecule has 0 aromatic heterocycles. The number of sulfone groups is 1. The van der Waals surface area contributed by atoms with Crippen molar-refractivity contribution in [1.82, 2.24) is 10.2 Å². The Hall–Kier alpha value is -1.48. The molecule has 51 heavy (non-hydrogen) atoms. The lowest BCUT2D eigenvalue weighted by Crippen LogP contribution is -2.68. The van der Waals surface area contributed by atoms with Crippen LogP contribution in [0.2, 0.25) is 0 Å². The van der Waals surface area contributed by atoms with Crippen LogP contribution in [-0.4, -0.2) is 79.3 Å². The Bertz CT molecular complexity index is 1590. The van der Waals surface area contributed by atoms with Crippen LogP contribution < -0.4 is 5.32 Å². The van der Waals surface area contributed by atoms with E-state index in [-0.39, 0.29) is 33.8 Å². The van der Waals surface area contributed by atoms with Crippen molar-refractivity contribution in [3.63, 3.8) is 0 Å². The summed E-state index contributed by atoms with van der Waals surface area (Å²) < 4.78 is 24.1. The molecule has 7 nitrogen and oxygen atoms in total. The molecule has 0 amide bonds. The number of nitrogens with zero attached hydrogens (tertiary/aromatic N) is 1. The Labute approximate surface area is 309 Å². The quantitative estimate of drug-likeness (QED) is 0.224. The number of aliphatic hydroxyl groups excluding tert-OH is 1. The molecule has 1 aliphatic heterocycles. The lowest BCUT2D eigenvalue weighted by molar-refractivity contribution is -0.221. The molecule has 0 aromatic carbocycles. The van der Waals surface area contributed by atoms with E-state index in [0.717, 1.165) is 25.9 Å². The van der Waals surface area contributed by atoms with Crippen LogP contribution in [0.25, 0.3) is 0 Å². The molecule has 10 atom stereocenters. The van der Waals surface area contributed by atoms with Crippen molar-refractivity contribution in [1.29, 1.82) is 0 Å². The molecule has 8 heteroatoms. The van der Waals surface area contributed by atoms with Crippen LogP contribution in [0, 0.1) is 56.7 Å². The monoisotopic (exact) mass is 724 g/mol. The van der Waals surface area contributed by atoms with Crippen LogP contribution in [-0.2, 0) is 14.6 Å². The van der Waals surface area contributed by atoms with Crippen LogP contribution in [0.5, 0.6) is 0 Å². The maximum Gasteiger partial charge on any atom is 0.312 e. The smallest absolute Gasteiger partial charge is 0.312 e. The molecule has 286 valence electrons. The number of fused-ring (bicyclic) bond motifs is 7. The van der Waals surface area contributed by atoms with Crippen LogP contribution in [0.4, 0.5) is 0 Å². The van der Waals surface area contributed by atoms with Gasteiger partial charge in [-0.3, -0.25) is 4.79 Å². The molecule has 0 spiro atoms. The molecule has 7 aliphatic rings. The van der Waals surface area contributed by atoms with Crippen LogP contribution in [0.3, 0.4) is 0 Å². The third kappa shape index (κ3) is 5.72. The summed E-state index contributed by atoms with van der Waals surface area (Å²) in [5.74, 6) is 2.78. The zero-order valence-electron chi connectivity index (χ0n) is 32.7. The normalized spacial score (nSPS) is 46.1. The van der Waals surface area contributed by atoms with Crippen molar-refractivity contribution in [2.45, 2.75) is 124 Å². The zero-order valence-corrected chi connectivity index (χ0v) is 33.5. The minimum atomic E-state index is -2.87. The van der Waals surface area contributed by atoms with Gasteiger partial charge in [-0.2, -0.15) is 0 Å². The lowest BCUT2D eigenvalue weighted by atomic mass is 9.33. The summed E-state index contributed by atoms with van der Waals surface area (Å²) in [7, 11) is -2.87. The third-order valence-electron chi connectivity index (χ3n) is 17.7. The highest BCUT2D eigenvalue weighted by molar-refractivity contribution is 7.91. The summed E-state index contributed by atoms with van der Waals surface area (Å²) >= 11 is 0. The molecule has 6 aliphatic carbocycles. The molecule has 1 heterocycles. The lowest BCUT2D eigenvalue weighted by Gasteiger charge is -2.72. The molecule has 0 radical (unpaired) electrons. The van der Waals surface area contributed by atoms with Gasteiger partial charge in [-0.15, -0.1) is 0 Å². The Kier molecular flexibility index (Phi) is 9.49. The Morgan fingerprint density at radius 2 is 1.65 bits per heavy atom.